The minimum Gasteiger partial charge on any atom is -0.335 e. The van der Waals surface area contributed by atoms with E-state index in [9.17, 15) is 32.3 Å². The number of carbonyl (C=O) groups excluding carboxylic acids is 4. The fourth-order valence-corrected chi connectivity index (χ4v) is 3.75. The highest BCUT2D eigenvalue weighted by Crippen LogP contribution is 2.34. The van der Waals surface area contributed by atoms with E-state index in [2.05, 4.69) is 10.6 Å². The van der Waals surface area contributed by atoms with E-state index in [0.29, 0.717) is 5.56 Å². The lowest BCUT2D eigenvalue weighted by molar-refractivity contribution is -0.139. The van der Waals surface area contributed by atoms with Crippen molar-refractivity contribution >= 4 is 29.4 Å². The molecule has 180 valence electrons. The van der Waals surface area contributed by atoms with Crippen LogP contribution in [0, 0.1) is 6.92 Å². The van der Waals surface area contributed by atoms with E-state index in [-0.39, 0.29) is 0 Å². The number of anilines is 1. The van der Waals surface area contributed by atoms with E-state index in [1.165, 1.54) is 26.1 Å². The monoisotopic (exact) mass is 476 g/mol. The molecule has 1 fully saturated rings. The number of nitrogens with one attached hydrogen (secondary N) is 2. The molecule has 2 aromatic rings. The van der Waals surface area contributed by atoms with Gasteiger partial charge in [-0.3, -0.25) is 19.3 Å². The molecule has 0 aromatic heterocycles. The number of rotatable bonds is 6. The Balaban J connectivity index is 1.66. The topological polar surface area (TPSA) is 98.8 Å². The van der Waals surface area contributed by atoms with Gasteiger partial charge in [0, 0.05) is 7.05 Å². The quantitative estimate of drug-likeness (QED) is 0.627. The molecule has 2 N–H and O–H groups in total. The summed E-state index contributed by atoms with van der Waals surface area (Å²) in [7, 11) is 1.25. The molecule has 1 unspecified atom stereocenters. The highest BCUT2D eigenvalue weighted by molar-refractivity contribution is 6.09. The van der Waals surface area contributed by atoms with E-state index in [0.717, 1.165) is 27.5 Å². The van der Waals surface area contributed by atoms with Crippen LogP contribution in [0.5, 0.6) is 0 Å². The van der Waals surface area contributed by atoms with E-state index in [4.69, 9.17) is 0 Å². The van der Waals surface area contributed by atoms with Crippen molar-refractivity contribution in [3.05, 3.63) is 65.2 Å². The zero-order valence-electron chi connectivity index (χ0n) is 18.7. The Morgan fingerprint density at radius 2 is 1.71 bits per heavy atom. The van der Waals surface area contributed by atoms with E-state index >= 15 is 0 Å². The summed E-state index contributed by atoms with van der Waals surface area (Å²) in [6, 6.07) is 10.7. The molecular formula is C23H23F3N4O4. The molecule has 2 aromatic carbocycles. The van der Waals surface area contributed by atoms with Gasteiger partial charge in [0.25, 0.3) is 5.91 Å². The number of halogens is 3. The van der Waals surface area contributed by atoms with Crippen LogP contribution < -0.4 is 10.6 Å². The third-order valence-corrected chi connectivity index (χ3v) is 5.57. The van der Waals surface area contributed by atoms with Crippen LogP contribution in [0.1, 0.15) is 23.6 Å². The number of imide groups is 1. The maximum Gasteiger partial charge on any atom is 0.418 e. The molecule has 1 saturated heterocycles. The number of nitrogens with zero attached hydrogens (tertiary/aromatic N) is 2. The van der Waals surface area contributed by atoms with Crippen LogP contribution in [-0.4, -0.2) is 53.7 Å². The Hall–Kier alpha value is -3.89. The molecule has 0 spiro atoms. The number of urea groups is 1. The lowest BCUT2D eigenvalue weighted by Gasteiger charge is -2.24. The molecular weight excluding hydrogens is 453 g/mol. The summed E-state index contributed by atoms with van der Waals surface area (Å²) >= 11 is 0. The summed E-state index contributed by atoms with van der Waals surface area (Å²) in [6.45, 7) is 2.12. The van der Waals surface area contributed by atoms with Gasteiger partial charge in [0.2, 0.25) is 11.8 Å². The predicted octanol–water partition coefficient (Wildman–Crippen LogP) is 2.88. The third-order valence-electron chi connectivity index (χ3n) is 5.57. The van der Waals surface area contributed by atoms with E-state index < -0.39 is 59.8 Å². The van der Waals surface area contributed by atoms with Gasteiger partial charge in [-0.1, -0.05) is 36.4 Å². The molecule has 0 radical (unpaired) electrons. The first-order valence-electron chi connectivity index (χ1n) is 10.2. The lowest BCUT2D eigenvalue weighted by atomic mass is 9.88. The zero-order valence-corrected chi connectivity index (χ0v) is 18.7. The van der Waals surface area contributed by atoms with Gasteiger partial charge < -0.3 is 15.5 Å². The van der Waals surface area contributed by atoms with Crippen molar-refractivity contribution in [2.24, 2.45) is 0 Å². The number of carbonyl (C=O) groups is 4. The predicted molar refractivity (Wildman–Crippen MR) is 116 cm³/mol. The Labute approximate surface area is 193 Å². The highest BCUT2D eigenvalue weighted by Gasteiger charge is 2.50. The van der Waals surface area contributed by atoms with Crippen molar-refractivity contribution < 1.29 is 32.3 Å². The minimum atomic E-state index is -4.67. The molecule has 3 rings (SSSR count). The SMILES string of the molecule is Cc1ccccc1C1(C)NC(=O)N(CC(=O)N(C)CC(=O)Nc2ccccc2C(F)(F)F)C1=O. The van der Waals surface area contributed by atoms with Crippen LogP contribution in [0.25, 0.3) is 0 Å². The maximum absolute atomic E-state index is 13.1. The summed E-state index contributed by atoms with van der Waals surface area (Å²) < 4.78 is 39.3. The van der Waals surface area contributed by atoms with Crippen LogP contribution in [0.4, 0.5) is 23.7 Å². The average Bonchev–Trinajstić information content (AvgIpc) is 2.97. The summed E-state index contributed by atoms with van der Waals surface area (Å²) in [6.07, 6.45) is -4.67. The second-order valence-corrected chi connectivity index (χ2v) is 8.10. The fourth-order valence-electron chi connectivity index (χ4n) is 3.75. The van der Waals surface area contributed by atoms with Crippen molar-refractivity contribution in [2.75, 3.05) is 25.5 Å². The standard InChI is InChI=1S/C23H23F3N4O4/c1-14-8-4-5-9-15(14)22(2)20(33)30(21(34)28-22)13-19(32)29(3)12-18(31)27-17-11-7-6-10-16(17)23(24,25)26/h4-11H,12-13H2,1-3H3,(H,27,31)(H,28,34). The Morgan fingerprint density at radius 3 is 2.35 bits per heavy atom. The van der Waals surface area contributed by atoms with Crippen LogP contribution >= 0.6 is 0 Å². The van der Waals surface area contributed by atoms with Crippen molar-refractivity contribution in [1.29, 1.82) is 0 Å². The van der Waals surface area contributed by atoms with Gasteiger partial charge in [-0.2, -0.15) is 13.2 Å². The molecule has 1 atom stereocenters. The van der Waals surface area contributed by atoms with Crippen LogP contribution in [0.2, 0.25) is 0 Å². The van der Waals surface area contributed by atoms with Crippen molar-refractivity contribution in [3.63, 3.8) is 0 Å². The van der Waals surface area contributed by atoms with E-state index in [1.807, 2.05) is 0 Å². The summed E-state index contributed by atoms with van der Waals surface area (Å²) in [5.41, 5.74) is -1.46. The summed E-state index contributed by atoms with van der Waals surface area (Å²) in [5, 5.41) is 4.75. The Morgan fingerprint density at radius 1 is 1.09 bits per heavy atom. The number of benzene rings is 2. The summed E-state index contributed by atoms with van der Waals surface area (Å²) in [5.74, 6) is -2.23. The number of aryl methyl sites for hydroxylation is 1. The first kappa shape index (κ1) is 24.7. The first-order valence-corrected chi connectivity index (χ1v) is 10.2. The molecule has 1 heterocycles. The summed E-state index contributed by atoms with van der Waals surface area (Å²) in [4.78, 5) is 52.1. The molecule has 0 aliphatic carbocycles. The second-order valence-electron chi connectivity index (χ2n) is 8.10. The van der Waals surface area contributed by atoms with Crippen LogP contribution in [-0.2, 0) is 26.1 Å². The number of hydrogen-bond donors (Lipinski definition) is 2. The van der Waals surface area contributed by atoms with Gasteiger partial charge in [0.15, 0.2) is 0 Å². The van der Waals surface area contributed by atoms with Gasteiger partial charge in [-0.05, 0) is 37.1 Å². The number of alkyl halides is 3. The number of amides is 5. The maximum atomic E-state index is 13.1. The number of likely N-dealkylation sites (N-methyl/N-ethyl adjacent to an activating group) is 1. The third kappa shape index (κ3) is 4.87. The van der Waals surface area contributed by atoms with Gasteiger partial charge >= 0.3 is 12.2 Å². The Bertz CT molecular complexity index is 1150. The molecule has 0 bridgehead atoms. The minimum absolute atomic E-state index is 0.441. The van der Waals surface area contributed by atoms with Gasteiger partial charge in [-0.25, -0.2) is 4.79 Å². The average molecular weight is 476 g/mol. The molecule has 34 heavy (non-hydrogen) atoms. The molecule has 1 aliphatic heterocycles. The number of para-hydroxylation sites is 1. The van der Waals surface area contributed by atoms with E-state index in [1.54, 1.807) is 31.2 Å². The second kappa shape index (κ2) is 9.16. The van der Waals surface area contributed by atoms with Crippen LogP contribution in [0.3, 0.4) is 0 Å². The zero-order chi connectivity index (χ0) is 25.3. The Kier molecular flexibility index (Phi) is 6.67. The normalized spacial score (nSPS) is 18.0. The van der Waals surface area contributed by atoms with Crippen molar-refractivity contribution in [2.45, 2.75) is 25.6 Å². The van der Waals surface area contributed by atoms with Crippen molar-refractivity contribution in [1.82, 2.24) is 15.1 Å². The smallest absolute Gasteiger partial charge is 0.335 e. The largest absolute Gasteiger partial charge is 0.418 e. The molecule has 5 amide bonds. The molecule has 11 heteroatoms. The molecule has 0 saturated carbocycles. The fraction of sp³-hybridized carbons (Fsp3) is 0.304. The first-order chi connectivity index (χ1) is 15.8. The van der Waals surface area contributed by atoms with Gasteiger partial charge in [-0.15, -0.1) is 0 Å². The molecule has 8 nitrogen and oxygen atoms in total. The van der Waals surface area contributed by atoms with Gasteiger partial charge in [0.1, 0.15) is 12.1 Å². The number of hydrogen-bond acceptors (Lipinski definition) is 4. The highest BCUT2D eigenvalue weighted by atomic mass is 19.4. The lowest BCUT2D eigenvalue weighted by Crippen LogP contribution is -2.45. The molecule has 1 aliphatic rings. The van der Waals surface area contributed by atoms with Crippen molar-refractivity contribution in [3.8, 4) is 0 Å². The van der Waals surface area contributed by atoms with Gasteiger partial charge in [0.05, 0.1) is 17.8 Å². The van der Waals surface area contributed by atoms with Crippen LogP contribution in [0.15, 0.2) is 48.5 Å².